The molecule has 2 aromatic carbocycles. The quantitative estimate of drug-likeness (QED) is 0.316. The molecule has 0 aliphatic rings. The van der Waals surface area contributed by atoms with Crippen molar-refractivity contribution in [1.82, 2.24) is 9.97 Å². The van der Waals surface area contributed by atoms with Crippen molar-refractivity contribution in [2.24, 2.45) is 0 Å². The van der Waals surface area contributed by atoms with Crippen LogP contribution in [0.15, 0.2) is 71.4 Å². The van der Waals surface area contributed by atoms with Crippen LogP contribution in [0.4, 0.5) is 5.69 Å². The Morgan fingerprint density at radius 3 is 2.52 bits per heavy atom. The molecule has 0 radical (unpaired) electrons. The number of para-hydroxylation sites is 1. The van der Waals surface area contributed by atoms with E-state index >= 15 is 0 Å². The summed E-state index contributed by atoms with van der Waals surface area (Å²) in [6.45, 7) is 11.4. The minimum Gasteiger partial charge on any atom is -0.437 e. The number of pyridine rings is 2. The molecule has 0 amide bonds. The van der Waals surface area contributed by atoms with Gasteiger partial charge in [-0.25, -0.2) is 9.83 Å². The highest BCUT2D eigenvalue weighted by Crippen LogP contribution is 2.36. The first-order valence-corrected chi connectivity index (χ1v) is 9.37. The molecular formula is C25H17N3O. The number of benzene rings is 2. The Bertz CT molecular complexity index is 1440. The van der Waals surface area contributed by atoms with E-state index in [0.29, 0.717) is 11.4 Å². The van der Waals surface area contributed by atoms with E-state index in [1.54, 1.807) is 6.20 Å². The molecule has 4 nitrogen and oxygen atoms in total. The van der Waals surface area contributed by atoms with Crippen LogP contribution in [0.2, 0.25) is 0 Å². The zero-order chi connectivity index (χ0) is 20.0. The molecule has 5 rings (SSSR count). The van der Waals surface area contributed by atoms with Crippen molar-refractivity contribution in [2.45, 2.75) is 13.8 Å². The molecule has 0 bridgehead atoms. The van der Waals surface area contributed by atoms with Gasteiger partial charge in [-0.05, 0) is 60.9 Å². The van der Waals surface area contributed by atoms with Crippen LogP contribution in [0.3, 0.4) is 0 Å². The van der Waals surface area contributed by atoms with Gasteiger partial charge >= 0.3 is 0 Å². The third-order valence-electron chi connectivity index (χ3n) is 5.30. The summed E-state index contributed by atoms with van der Waals surface area (Å²) in [4.78, 5) is 12.6. The first-order valence-electron chi connectivity index (χ1n) is 9.37. The predicted octanol–water partition coefficient (Wildman–Crippen LogP) is 6.88. The molecule has 0 unspecified atom stereocenters. The molecule has 3 aromatic heterocycles. The van der Waals surface area contributed by atoms with Gasteiger partial charge in [0.2, 0.25) is 5.71 Å². The lowest BCUT2D eigenvalue weighted by Crippen LogP contribution is -1.92. The Morgan fingerprint density at radius 1 is 0.828 bits per heavy atom. The smallest absolute Gasteiger partial charge is 0.227 e. The summed E-state index contributed by atoms with van der Waals surface area (Å²) in [6, 6.07) is 17.9. The summed E-state index contributed by atoms with van der Waals surface area (Å²) in [5, 5.41) is 2.04. The van der Waals surface area contributed by atoms with Crippen LogP contribution in [0.25, 0.3) is 49.3 Å². The van der Waals surface area contributed by atoms with Crippen LogP contribution in [-0.2, 0) is 0 Å². The Labute approximate surface area is 168 Å². The van der Waals surface area contributed by atoms with Crippen molar-refractivity contribution in [1.29, 1.82) is 0 Å². The van der Waals surface area contributed by atoms with Crippen LogP contribution < -0.4 is 0 Å². The fraction of sp³-hybridized carbons (Fsp3) is 0.0800. The van der Waals surface area contributed by atoms with Crippen molar-refractivity contribution in [3.8, 4) is 22.4 Å². The van der Waals surface area contributed by atoms with Gasteiger partial charge in [-0.15, -0.1) is 0 Å². The number of aryl methyl sites for hydroxylation is 2. The van der Waals surface area contributed by atoms with E-state index < -0.39 is 0 Å². The van der Waals surface area contributed by atoms with Gasteiger partial charge in [-0.1, -0.05) is 24.3 Å². The standard InChI is InChI=1S/C25H17N3O/c1-15-9-10-17(26-3)13-21(15)22-14-28-23(12-16(22)2)20-7-4-6-18-19-8-5-11-27-25(19)29-24(18)20/h4-14H,1-2H3. The van der Waals surface area contributed by atoms with Crippen LogP contribution in [-0.4, -0.2) is 9.97 Å². The third kappa shape index (κ3) is 2.76. The van der Waals surface area contributed by atoms with Crippen molar-refractivity contribution in [3.05, 3.63) is 89.5 Å². The maximum Gasteiger partial charge on any atom is 0.227 e. The lowest BCUT2D eigenvalue weighted by atomic mass is 9.96. The summed E-state index contributed by atoms with van der Waals surface area (Å²) >= 11 is 0. The molecule has 0 atom stereocenters. The van der Waals surface area contributed by atoms with Crippen molar-refractivity contribution >= 4 is 27.8 Å². The summed E-state index contributed by atoms with van der Waals surface area (Å²) in [5.41, 5.74) is 8.18. The average Bonchev–Trinajstić information content (AvgIpc) is 3.13. The number of aromatic nitrogens is 2. The monoisotopic (exact) mass is 375 g/mol. The summed E-state index contributed by atoms with van der Waals surface area (Å²) in [7, 11) is 0. The van der Waals surface area contributed by atoms with Crippen molar-refractivity contribution in [2.75, 3.05) is 0 Å². The van der Waals surface area contributed by atoms with E-state index in [1.807, 2.05) is 54.7 Å². The summed E-state index contributed by atoms with van der Waals surface area (Å²) in [5.74, 6) is 0. The number of hydrogen-bond donors (Lipinski definition) is 0. The first-order chi connectivity index (χ1) is 14.2. The zero-order valence-electron chi connectivity index (χ0n) is 16.1. The Morgan fingerprint density at radius 2 is 1.69 bits per heavy atom. The van der Waals surface area contributed by atoms with Crippen LogP contribution in [0.5, 0.6) is 0 Å². The van der Waals surface area contributed by atoms with Crippen molar-refractivity contribution < 1.29 is 4.42 Å². The van der Waals surface area contributed by atoms with E-state index in [0.717, 1.165) is 49.9 Å². The molecule has 0 fully saturated rings. The van der Waals surface area contributed by atoms with Gasteiger partial charge in [0.25, 0.3) is 0 Å². The second-order valence-corrected chi connectivity index (χ2v) is 7.14. The number of nitrogens with zero attached hydrogens (tertiary/aromatic N) is 3. The van der Waals surface area contributed by atoms with Crippen molar-refractivity contribution in [3.63, 3.8) is 0 Å². The molecular weight excluding hydrogens is 358 g/mol. The highest BCUT2D eigenvalue weighted by atomic mass is 16.3. The molecule has 138 valence electrons. The second-order valence-electron chi connectivity index (χ2n) is 7.14. The molecule has 4 heteroatoms. The van der Waals surface area contributed by atoms with Crippen LogP contribution >= 0.6 is 0 Å². The van der Waals surface area contributed by atoms with Gasteiger partial charge in [0.1, 0.15) is 5.58 Å². The molecule has 0 saturated heterocycles. The molecule has 0 N–H and O–H groups in total. The maximum absolute atomic E-state index is 7.29. The van der Waals surface area contributed by atoms with Gasteiger partial charge in [-0.2, -0.15) is 0 Å². The molecule has 0 aliphatic carbocycles. The minimum atomic E-state index is 0.633. The largest absolute Gasteiger partial charge is 0.437 e. The molecule has 5 aromatic rings. The van der Waals surface area contributed by atoms with Gasteiger partial charge < -0.3 is 4.42 Å². The molecule has 0 aliphatic heterocycles. The van der Waals surface area contributed by atoms with Gasteiger partial charge in [0, 0.05) is 34.3 Å². The molecule has 29 heavy (non-hydrogen) atoms. The third-order valence-corrected chi connectivity index (χ3v) is 5.30. The maximum atomic E-state index is 7.29. The van der Waals surface area contributed by atoms with E-state index in [4.69, 9.17) is 16.0 Å². The fourth-order valence-corrected chi connectivity index (χ4v) is 3.79. The van der Waals surface area contributed by atoms with Gasteiger partial charge in [-0.3, -0.25) is 4.98 Å². The molecule has 3 heterocycles. The SMILES string of the molecule is [C-]#[N+]c1ccc(C)c(-c2cnc(-c3cccc4c3oc3ncccc34)cc2C)c1. The minimum absolute atomic E-state index is 0.633. The first kappa shape index (κ1) is 17.2. The predicted molar refractivity (Wildman–Crippen MR) is 116 cm³/mol. The number of fused-ring (bicyclic) bond motifs is 3. The number of rotatable bonds is 2. The number of hydrogen-bond acceptors (Lipinski definition) is 3. The Kier molecular flexibility index (Phi) is 3.89. The lowest BCUT2D eigenvalue weighted by Gasteiger charge is -2.11. The number of furan rings is 1. The fourth-order valence-electron chi connectivity index (χ4n) is 3.79. The van der Waals surface area contributed by atoms with E-state index in [1.165, 1.54) is 0 Å². The van der Waals surface area contributed by atoms with Crippen LogP contribution in [0, 0.1) is 20.4 Å². The highest BCUT2D eigenvalue weighted by Gasteiger charge is 2.15. The molecule has 0 saturated carbocycles. The Hall–Kier alpha value is -3.97. The lowest BCUT2D eigenvalue weighted by molar-refractivity contribution is 0.655. The van der Waals surface area contributed by atoms with E-state index in [-0.39, 0.29) is 0 Å². The topological polar surface area (TPSA) is 43.3 Å². The van der Waals surface area contributed by atoms with E-state index in [2.05, 4.69) is 29.7 Å². The average molecular weight is 375 g/mol. The Balaban J connectivity index is 1.68. The summed E-state index contributed by atoms with van der Waals surface area (Å²) < 4.78 is 6.06. The zero-order valence-corrected chi connectivity index (χ0v) is 16.1. The second kappa shape index (κ2) is 6.57. The van der Waals surface area contributed by atoms with E-state index in [9.17, 15) is 0 Å². The normalized spacial score (nSPS) is 11.1. The highest BCUT2D eigenvalue weighted by molar-refractivity contribution is 6.08. The van der Waals surface area contributed by atoms with Crippen LogP contribution in [0.1, 0.15) is 11.1 Å². The van der Waals surface area contributed by atoms with Gasteiger partial charge in [0.15, 0.2) is 5.69 Å². The summed E-state index contributed by atoms with van der Waals surface area (Å²) in [6.07, 6.45) is 3.63. The van der Waals surface area contributed by atoms with Gasteiger partial charge in [0.05, 0.1) is 12.3 Å². The molecule has 0 spiro atoms.